The van der Waals surface area contributed by atoms with Gasteiger partial charge in [0.2, 0.25) is 11.8 Å². The first kappa shape index (κ1) is 27.5. The lowest BCUT2D eigenvalue weighted by Gasteiger charge is -2.39. The predicted molar refractivity (Wildman–Crippen MR) is 172 cm³/mol. The molecule has 5 aromatic rings. The number of fused-ring (bicyclic) bond motifs is 3. The Bertz CT molecular complexity index is 1900. The smallest absolute Gasteiger partial charge is 0.292 e. The maximum atomic E-state index is 13.8. The van der Waals surface area contributed by atoms with Crippen LogP contribution in [0.4, 0.5) is 11.8 Å². The molecule has 3 saturated heterocycles. The van der Waals surface area contributed by atoms with Crippen molar-refractivity contribution in [2.75, 3.05) is 36.9 Å². The number of benzene rings is 1. The number of carbonyl (C=O) groups excluding carboxylic acids is 1. The summed E-state index contributed by atoms with van der Waals surface area (Å²) in [4.78, 5) is 31.2. The lowest BCUT2D eigenvalue weighted by molar-refractivity contribution is 0.0557. The van der Waals surface area contributed by atoms with Gasteiger partial charge in [0.15, 0.2) is 5.65 Å². The topological polar surface area (TPSA) is 143 Å². The number of nitrogens with zero attached hydrogens (tertiary/aromatic N) is 8. The van der Waals surface area contributed by atoms with Crippen LogP contribution in [0.25, 0.3) is 28.0 Å². The van der Waals surface area contributed by atoms with Crippen LogP contribution in [-0.2, 0) is 4.74 Å². The number of carbonyl (C=O) groups is 1. The Hall–Kier alpha value is -4.84. The number of anilines is 2. The summed E-state index contributed by atoms with van der Waals surface area (Å²) in [6, 6.07) is 14.5. The first-order valence-electron chi connectivity index (χ1n) is 16.4. The van der Waals surface area contributed by atoms with Gasteiger partial charge in [0, 0.05) is 59.5 Å². The molecule has 4 fully saturated rings. The maximum Gasteiger partial charge on any atom is 0.292 e. The molecule has 1 amide bonds. The number of pyridine rings is 1. The average Bonchev–Trinajstić information content (AvgIpc) is 3.53. The highest BCUT2D eigenvalue weighted by Crippen LogP contribution is 2.50. The number of rotatable bonds is 6. The molecular weight excluding hydrogens is 580 g/mol. The third kappa shape index (κ3) is 4.61. The predicted octanol–water partition coefficient (Wildman–Crippen LogP) is 4.42. The molecule has 46 heavy (non-hydrogen) atoms. The van der Waals surface area contributed by atoms with Crippen molar-refractivity contribution in [2.45, 2.75) is 62.4 Å². The molecular formula is C34H36N10O2. The molecule has 0 unspecified atom stereocenters. The first-order valence-corrected chi connectivity index (χ1v) is 16.4. The Labute approximate surface area is 266 Å². The number of aromatic nitrogens is 7. The molecule has 7 heterocycles. The number of nitrogens with two attached hydrogens (primary N) is 1. The van der Waals surface area contributed by atoms with Crippen molar-refractivity contribution >= 4 is 23.3 Å². The fourth-order valence-electron chi connectivity index (χ4n) is 7.80. The SMILES string of the molecule is Nc1c(C2CC2)c([C@H]2C[C@H]3CC[C@@H](C2)N3C(=O)c2nnc(N3CCOCC3)[nH]2)nc2c(-c3ccc(-c4ccccc4)nc3)cnn12. The summed E-state index contributed by atoms with van der Waals surface area (Å²) in [7, 11) is 0. The number of ether oxygens (including phenoxy) is 1. The van der Waals surface area contributed by atoms with Crippen molar-refractivity contribution in [2.24, 2.45) is 0 Å². The summed E-state index contributed by atoms with van der Waals surface area (Å²) in [6.07, 6.45) is 9.64. The van der Waals surface area contributed by atoms with E-state index in [9.17, 15) is 4.79 Å². The van der Waals surface area contributed by atoms with E-state index in [0.717, 1.165) is 90.9 Å². The van der Waals surface area contributed by atoms with Crippen LogP contribution in [0.5, 0.6) is 0 Å². The number of morpholine rings is 1. The number of H-pyrrole nitrogens is 1. The summed E-state index contributed by atoms with van der Waals surface area (Å²) in [6.45, 7) is 2.76. The average molecular weight is 617 g/mol. The van der Waals surface area contributed by atoms with Gasteiger partial charge in [-0.05, 0) is 50.5 Å². The molecule has 3 aliphatic heterocycles. The van der Waals surface area contributed by atoms with Gasteiger partial charge in [-0.15, -0.1) is 10.2 Å². The van der Waals surface area contributed by atoms with Crippen LogP contribution >= 0.6 is 0 Å². The molecule has 0 spiro atoms. The maximum absolute atomic E-state index is 13.8. The standard InChI is InChI=1S/C34H36N10O2/c35-30-28(21-6-7-21)29(38-32-26(19-37-44(30)32)22-8-11-27(36-18-22)20-4-2-1-3-5-20)23-16-24-9-10-25(17-23)43(24)33(45)31-39-34(41-40-31)42-12-14-46-15-13-42/h1-5,8,11,18-19,21,23-25H,6-7,9-10,12-17,35H2,(H,39,40,41)/t23-,24+,25-. The minimum atomic E-state index is -0.0622. The van der Waals surface area contributed by atoms with Gasteiger partial charge < -0.3 is 25.3 Å². The van der Waals surface area contributed by atoms with E-state index in [1.54, 1.807) is 4.52 Å². The van der Waals surface area contributed by atoms with Crippen molar-refractivity contribution < 1.29 is 9.53 Å². The molecule has 9 rings (SSSR count). The second-order valence-corrected chi connectivity index (χ2v) is 13.0. The lowest BCUT2D eigenvalue weighted by atomic mass is 9.85. The van der Waals surface area contributed by atoms with Crippen molar-refractivity contribution in [3.8, 4) is 22.4 Å². The van der Waals surface area contributed by atoms with Crippen LogP contribution in [0, 0.1) is 0 Å². The number of hydrogen-bond acceptors (Lipinski definition) is 9. The molecule has 4 aliphatic rings. The zero-order chi connectivity index (χ0) is 30.8. The minimum Gasteiger partial charge on any atom is -0.383 e. The monoisotopic (exact) mass is 616 g/mol. The van der Waals surface area contributed by atoms with E-state index >= 15 is 0 Å². The molecule has 4 aromatic heterocycles. The van der Waals surface area contributed by atoms with Crippen LogP contribution in [0.3, 0.4) is 0 Å². The van der Waals surface area contributed by atoms with Crippen molar-refractivity contribution in [3.63, 3.8) is 0 Å². The van der Waals surface area contributed by atoms with E-state index in [0.29, 0.717) is 36.7 Å². The summed E-state index contributed by atoms with van der Waals surface area (Å²) >= 11 is 0. The number of nitrogens with one attached hydrogen (secondary N) is 1. The number of amides is 1. The molecule has 1 saturated carbocycles. The Morgan fingerprint density at radius 3 is 2.39 bits per heavy atom. The summed E-state index contributed by atoms with van der Waals surface area (Å²) in [5.41, 5.74) is 13.8. The molecule has 3 atom stereocenters. The fourth-order valence-corrected chi connectivity index (χ4v) is 7.80. The van der Waals surface area contributed by atoms with Crippen LogP contribution < -0.4 is 10.6 Å². The zero-order valence-corrected chi connectivity index (χ0v) is 25.5. The Kier molecular flexibility index (Phi) is 6.51. The van der Waals surface area contributed by atoms with Crippen LogP contribution in [0.2, 0.25) is 0 Å². The van der Waals surface area contributed by atoms with Gasteiger partial charge in [-0.2, -0.15) is 9.61 Å². The van der Waals surface area contributed by atoms with Gasteiger partial charge in [0.05, 0.1) is 30.8 Å². The van der Waals surface area contributed by atoms with Gasteiger partial charge >= 0.3 is 0 Å². The van der Waals surface area contributed by atoms with Gasteiger partial charge in [-0.3, -0.25) is 9.78 Å². The van der Waals surface area contributed by atoms with Gasteiger partial charge in [-0.25, -0.2) is 4.98 Å². The van der Waals surface area contributed by atoms with E-state index in [2.05, 4.69) is 43.2 Å². The molecule has 1 aromatic carbocycles. The van der Waals surface area contributed by atoms with Crippen molar-refractivity contribution in [1.29, 1.82) is 0 Å². The Morgan fingerprint density at radius 1 is 0.891 bits per heavy atom. The lowest BCUT2D eigenvalue weighted by Crippen LogP contribution is -2.46. The van der Waals surface area contributed by atoms with Crippen LogP contribution in [-0.4, -0.2) is 84.0 Å². The van der Waals surface area contributed by atoms with E-state index < -0.39 is 0 Å². The molecule has 3 N–H and O–H groups in total. The first-order chi connectivity index (χ1) is 22.6. The third-order valence-electron chi connectivity index (χ3n) is 10.2. The molecule has 12 nitrogen and oxygen atoms in total. The second-order valence-electron chi connectivity index (χ2n) is 13.0. The molecule has 1 aliphatic carbocycles. The van der Waals surface area contributed by atoms with Gasteiger partial charge in [-0.1, -0.05) is 36.4 Å². The fraction of sp³-hybridized carbons (Fsp3) is 0.412. The van der Waals surface area contributed by atoms with Crippen molar-refractivity contribution in [3.05, 3.63) is 71.9 Å². The van der Waals surface area contributed by atoms with Crippen LogP contribution in [0.1, 0.15) is 72.2 Å². The number of hydrogen-bond donors (Lipinski definition) is 2. The van der Waals surface area contributed by atoms with Crippen LogP contribution in [0.15, 0.2) is 54.9 Å². The Morgan fingerprint density at radius 2 is 1.67 bits per heavy atom. The number of piperidine rings is 1. The molecule has 2 bridgehead atoms. The number of nitrogen functional groups attached to an aromatic ring is 1. The highest BCUT2D eigenvalue weighted by atomic mass is 16.5. The van der Waals surface area contributed by atoms with E-state index in [1.165, 1.54) is 0 Å². The third-order valence-corrected chi connectivity index (χ3v) is 10.2. The number of aromatic amines is 1. The van der Waals surface area contributed by atoms with E-state index in [4.69, 9.17) is 25.5 Å². The minimum absolute atomic E-state index is 0.0622. The Balaban J connectivity index is 1.01. The zero-order valence-electron chi connectivity index (χ0n) is 25.5. The summed E-state index contributed by atoms with van der Waals surface area (Å²) in [5.74, 6) is 2.20. The summed E-state index contributed by atoms with van der Waals surface area (Å²) < 4.78 is 7.26. The van der Waals surface area contributed by atoms with Crippen molar-refractivity contribution in [1.82, 2.24) is 39.7 Å². The summed E-state index contributed by atoms with van der Waals surface area (Å²) in [5, 5.41) is 13.3. The van der Waals surface area contributed by atoms with E-state index in [-0.39, 0.29) is 23.9 Å². The molecule has 234 valence electrons. The highest BCUT2D eigenvalue weighted by Gasteiger charge is 2.46. The highest BCUT2D eigenvalue weighted by molar-refractivity contribution is 5.91. The largest absolute Gasteiger partial charge is 0.383 e. The normalized spacial score (nSPS) is 22.9. The molecule has 12 heteroatoms. The van der Waals surface area contributed by atoms with Gasteiger partial charge in [0.25, 0.3) is 5.91 Å². The quantitative estimate of drug-likeness (QED) is 0.283. The van der Waals surface area contributed by atoms with Gasteiger partial charge in [0.1, 0.15) is 5.82 Å². The molecule has 0 radical (unpaired) electrons. The second kappa shape index (κ2) is 10.9. The van der Waals surface area contributed by atoms with E-state index in [1.807, 2.05) is 36.7 Å².